The van der Waals surface area contributed by atoms with Crippen molar-refractivity contribution in [1.82, 2.24) is 9.21 Å². The van der Waals surface area contributed by atoms with Crippen LogP contribution in [-0.4, -0.2) is 70.4 Å². The van der Waals surface area contributed by atoms with Crippen LogP contribution in [0, 0.1) is 0 Å². The van der Waals surface area contributed by atoms with Crippen molar-refractivity contribution in [2.75, 3.05) is 40.9 Å². The Balaban J connectivity index is 2.28. The lowest BCUT2D eigenvalue weighted by molar-refractivity contribution is -0.131. The second-order valence-electron chi connectivity index (χ2n) is 6.55. The molecule has 0 aliphatic carbocycles. The molecule has 1 amide bonds. The van der Waals surface area contributed by atoms with Gasteiger partial charge in [0, 0.05) is 27.2 Å². The van der Waals surface area contributed by atoms with Gasteiger partial charge in [0.1, 0.15) is 10.6 Å². The molecule has 9 heteroatoms. The van der Waals surface area contributed by atoms with Crippen molar-refractivity contribution in [3.63, 3.8) is 0 Å². The van der Waals surface area contributed by atoms with E-state index >= 15 is 0 Å². The van der Waals surface area contributed by atoms with Crippen molar-refractivity contribution >= 4 is 21.9 Å². The van der Waals surface area contributed by atoms with Crippen LogP contribution in [0.15, 0.2) is 23.1 Å². The summed E-state index contributed by atoms with van der Waals surface area (Å²) in [5.74, 6) is -0.963. The number of hydrogen-bond acceptors (Lipinski definition) is 6. The van der Waals surface area contributed by atoms with E-state index < -0.39 is 22.6 Å². The SMILES string of the molecule is COc1ccc(C(=O)OCC(=O)N(C)C)cc1S(=O)(=O)N1CCCCCC1. The minimum atomic E-state index is -3.80. The molecule has 1 aromatic rings. The Morgan fingerprint density at radius 2 is 1.74 bits per heavy atom. The van der Waals surface area contributed by atoms with Gasteiger partial charge in [-0.25, -0.2) is 13.2 Å². The molecule has 1 fully saturated rings. The highest BCUT2D eigenvalue weighted by Crippen LogP contribution is 2.29. The molecule has 150 valence electrons. The highest BCUT2D eigenvalue weighted by atomic mass is 32.2. The molecule has 0 N–H and O–H groups in total. The number of likely N-dealkylation sites (N-methyl/N-ethyl adjacent to an activating group) is 1. The molecule has 8 nitrogen and oxygen atoms in total. The van der Waals surface area contributed by atoms with E-state index in [1.54, 1.807) is 14.1 Å². The number of carbonyl (C=O) groups excluding carboxylic acids is 2. The Kier molecular flexibility index (Phi) is 7.20. The van der Waals surface area contributed by atoms with Crippen LogP contribution in [0.4, 0.5) is 0 Å². The number of carbonyl (C=O) groups is 2. The number of methoxy groups -OCH3 is 1. The van der Waals surface area contributed by atoms with E-state index in [9.17, 15) is 18.0 Å². The zero-order valence-corrected chi connectivity index (χ0v) is 16.8. The summed E-state index contributed by atoms with van der Waals surface area (Å²) in [4.78, 5) is 25.0. The normalized spacial score (nSPS) is 15.7. The number of benzene rings is 1. The molecular weight excluding hydrogens is 372 g/mol. The van der Waals surface area contributed by atoms with Crippen LogP contribution < -0.4 is 4.74 Å². The highest BCUT2D eigenvalue weighted by molar-refractivity contribution is 7.89. The first-order valence-electron chi connectivity index (χ1n) is 8.83. The Labute approximate surface area is 160 Å². The second-order valence-corrected chi connectivity index (χ2v) is 8.45. The van der Waals surface area contributed by atoms with Gasteiger partial charge >= 0.3 is 5.97 Å². The van der Waals surface area contributed by atoms with Gasteiger partial charge in [-0.15, -0.1) is 0 Å². The molecule has 1 aliphatic rings. The average Bonchev–Trinajstić information content (AvgIpc) is 2.95. The van der Waals surface area contributed by atoms with Crippen molar-refractivity contribution in [3.8, 4) is 5.75 Å². The number of hydrogen-bond donors (Lipinski definition) is 0. The number of ether oxygens (including phenoxy) is 2. The summed E-state index contributed by atoms with van der Waals surface area (Å²) in [6.45, 7) is 0.473. The molecule has 0 spiro atoms. The van der Waals surface area contributed by atoms with Crippen LogP contribution in [0.25, 0.3) is 0 Å². The molecular formula is C18H26N2O6S. The summed E-state index contributed by atoms with van der Waals surface area (Å²) in [6, 6.07) is 4.10. The van der Waals surface area contributed by atoms with Gasteiger partial charge in [0.15, 0.2) is 6.61 Å². The zero-order chi connectivity index (χ0) is 20.0. The summed E-state index contributed by atoms with van der Waals surface area (Å²) in [5.41, 5.74) is 0.0516. The fourth-order valence-electron chi connectivity index (χ4n) is 2.77. The van der Waals surface area contributed by atoms with Gasteiger partial charge in [0.25, 0.3) is 5.91 Å². The highest BCUT2D eigenvalue weighted by Gasteiger charge is 2.29. The smallest absolute Gasteiger partial charge is 0.338 e. The average molecular weight is 398 g/mol. The Bertz CT molecular complexity index is 783. The molecule has 0 aromatic heterocycles. The Morgan fingerprint density at radius 3 is 2.30 bits per heavy atom. The summed E-state index contributed by atoms with van der Waals surface area (Å²) < 4.78 is 37.8. The number of esters is 1. The van der Waals surface area contributed by atoms with Crippen molar-refractivity contribution in [2.45, 2.75) is 30.6 Å². The maximum absolute atomic E-state index is 13.1. The van der Waals surface area contributed by atoms with Crippen LogP contribution in [0.1, 0.15) is 36.0 Å². The third-order valence-corrected chi connectivity index (χ3v) is 6.33. The Hall–Kier alpha value is -2.13. The molecule has 2 rings (SSSR count). The standard InChI is InChI=1S/C18H26N2O6S/c1-19(2)17(21)13-26-18(22)14-8-9-15(25-3)16(12-14)27(23,24)20-10-6-4-5-7-11-20/h8-9,12H,4-7,10-11,13H2,1-3H3. The van der Waals surface area contributed by atoms with E-state index in [1.807, 2.05) is 0 Å². The maximum Gasteiger partial charge on any atom is 0.338 e. The number of rotatable bonds is 6. The predicted molar refractivity (Wildman–Crippen MR) is 99.2 cm³/mol. The molecule has 1 heterocycles. The first kappa shape index (κ1) is 21.2. The van der Waals surface area contributed by atoms with Gasteiger partial charge in [-0.1, -0.05) is 12.8 Å². The first-order chi connectivity index (χ1) is 12.8. The fraction of sp³-hybridized carbons (Fsp3) is 0.556. The monoisotopic (exact) mass is 398 g/mol. The predicted octanol–water partition coefficient (Wildman–Crippen LogP) is 1.50. The van der Waals surface area contributed by atoms with Crippen LogP contribution in [0.2, 0.25) is 0 Å². The molecule has 1 aromatic carbocycles. The van der Waals surface area contributed by atoms with Crippen LogP contribution in [0.3, 0.4) is 0 Å². The molecule has 1 saturated heterocycles. The van der Waals surface area contributed by atoms with Crippen LogP contribution in [0.5, 0.6) is 5.75 Å². The largest absolute Gasteiger partial charge is 0.495 e. The van der Waals surface area contributed by atoms with E-state index in [4.69, 9.17) is 9.47 Å². The topological polar surface area (TPSA) is 93.2 Å². The molecule has 0 saturated carbocycles. The van der Waals surface area contributed by atoms with E-state index in [2.05, 4.69) is 0 Å². The van der Waals surface area contributed by atoms with Gasteiger partial charge in [-0.2, -0.15) is 4.31 Å². The minimum Gasteiger partial charge on any atom is -0.495 e. The lowest BCUT2D eigenvalue weighted by Crippen LogP contribution is -2.32. The summed E-state index contributed by atoms with van der Waals surface area (Å²) in [5, 5.41) is 0. The van der Waals surface area contributed by atoms with Crippen LogP contribution >= 0.6 is 0 Å². The van der Waals surface area contributed by atoms with Gasteiger partial charge in [-0.3, -0.25) is 4.79 Å². The number of sulfonamides is 1. The maximum atomic E-state index is 13.1. The second kappa shape index (κ2) is 9.18. The molecule has 0 atom stereocenters. The summed E-state index contributed by atoms with van der Waals surface area (Å²) >= 11 is 0. The lowest BCUT2D eigenvalue weighted by atomic mass is 10.2. The third-order valence-electron chi connectivity index (χ3n) is 4.41. The van der Waals surface area contributed by atoms with E-state index in [1.165, 1.54) is 34.5 Å². The van der Waals surface area contributed by atoms with Crippen LogP contribution in [-0.2, 0) is 19.6 Å². The third kappa shape index (κ3) is 5.20. The Morgan fingerprint density at radius 1 is 1.11 bits per heavy atom. The molecule has 1 aliphatic heterocycles. The first-order valence-corrected chi connectivity index (χ1v) is 10.3. The van der Waals surface area contributed by atoms with Gasteiger partial charge < -0.3 is 14.4 Å². The molecule has 0 radical (unpaired) electrons. The van der Waals surface area contributed by atoms with E-state index in [0.717, 1.165) is 25.7 Å². The van der Waals surface area contributed by atoms with Gasteiger partial charge in [0.05, 0.1) is 12.7 Å². The molecule has 0 unspecified atom stereocenters. The summed E-state index contributed by atoms with van der Waals surface area (Å²) in [7, 11) is 0.678. The number of amides is 1. The molecule has 27 heavy (non-hydrogen) atoms. The van der Waals surface area contributed by atoms with Crippen molar-refractivity contribution < 1.29 is 27.5 Å². The van der Waals surface area contributed by atoms with Gasteiger partial charge in [-0.05, 0) is 31.0 Å². The minimum absolute atomic E-state index is 0.0516. The van der Waals surface area contributed by atoms with Crippen molar-refractivity contribution in [2.24, 2.45) is 0 Å². The molecule has 0 bridgehead atoms. The van der Waals surface area contributed by atoms with Gasteiger partial charge in [0.2, 0.25) is 10.0 Å². The van der Waals surface area contributed by atoms with E-state index in [-0.39, 0.29) is 22.1 Å². The number of nitrogens with zero attached hydrogens (tertiary/aromatic N) is 2. The fourth-order valence-corrected chi connectivity index (χ4v) is 4.46. The quantitative estimate of drug-likeness (QED) is 0.674. The zero-order valence-electron chi connectivity index (χ0n) is 15.9. The van der Waals surface area contributed by atoms with E-state index in [0.29, 0.717) is 13.1 Å². The van der Waals surface area contributed by atoms with Crippen molar-refractivity contribution in [1.29, 1.82) is 0 Å². The summed E-state index contributed by atoms with van der Waals surface area (Å²) in [6.07, 6.45) is 3.59. The van der Waals surface area contributed by atoms with Crippen molar-refractivity contribution in [3.05, 3.63) is 23.8 Å². The lowest BCUT2D eigenvalue weighted by Gasteiger charge is -2.21.